The molecule has 2 heterocycles. The molecule has 138 valence electrons. The molecule has 0 saturated carbocycles. The SMILES string of the molecule is COc1cc(-c2nccs2)ccc1C(=O)Nc1ccc(=O)n(CC(=O)O)c1. The van der Waals surface area contributed by atoms with Crippen LogP contribution in [0.1, 0.15) is 10.4 Å². The van der Waals surface area contributed by atoms with Crippen LogP contribution in [0.25, 0.3) is 10.6 Å². The third-order valence-corrected chi connectivity index (χ3v) is 4.49. The monoisotopic (exact) mass is 385 g/mol. The smallest absolute Gasteiger partial charge is 0.323 e. The number of hydrogen-bond donors (Lipinski definition) is 2. The second kappa shape index (κ2) is 7.83. The van der Waals surface area contributed by atoms with E-state index in [4.69, 9.17) is 9.84 Å². The van der Waals surface area contributed by atoms with Gasteiger partial charge in [0.1, 0.15) is 17.3 Å². The predicted octanol–water partition coefficient (Wildman–Crippen LogP) is 2.32. The molecule has 0 fully saturated rings. The lowest BCUT2D eigenvalue weighted by Crippen LogP contribution is -2.24. The van der Waals surface area contributed by atoms with Gasteiger partial charge in [-0.05, 0) is 18.2 Å². The van der Waals surface area contributed by atoms with E-state index in [1.165, 1.54) is 36.8 Å². The molecule has 0 aliphatic carbocycles. The molecule has 1 aromatic carbocycles. The lowest BCUT2D eigenvalue weighted by molar-refractivity contribution is -0.137. The first kappa shape index (κ1) is 18.3. The molecule has 0 saturated heterocycles. The topological polar surface area (TPSA) is 111 Å². The van der Waals surface area contributed by atoms with Crippen LogP contribution in [-0.4, -0.2) is 33.6 Å². The number of anilines is 1. The van der Waals surface area contributed by atoms with Gasteiger partial charge in [0.2, 0.25) is 0 Å². The first-order valence-electron chi connectivity index (χ1n) is 7.79. The molecule has 0 spiro atoms. The lowest BCUT2D eigenvalue weighted by Gasteiger charge is -2.11. The number of methoxy groups -OCH3 is 1. The normalized spacial score (nSPS) is 10.4. The number of carbonyl (C=O) groups is 2. The molecule has 3 rings (SSSR count). The molecule has 0 aliphatic rings. The Hall–Kier alpha value is -3.46. The maximum atomic E-state index is 12.6. The van der Waals surface area contributed by atoms with Crippen molar-refractivity contribution in [2.24, 2.45) is 0 Å². The van der Waals surface area contributed by atoms with Gasteiger partial charge in [-0.2, -0.15) is 0 Å². The average Bonchev–Trinajstić information content (AvgIpc) is 3.18. The van der Waals surface area contributed by atoms with Gasteiger partial charge in [-0.15, -0.1) is 11.3 Å². The third-order valence-electron chi connectivity index (χ3n) is 3.67. The van der Waals surface area contributed by atoms with Crippen molar-refractivity contribution in [1.29, 1.82) is 0 Å². The molecule has 3 aromatic rings. The maximum Gasteiger partial charge on any atom is 0.323 e. The number of aliphatic carboxylic acids is 1. The van der Waals surface area contributed by atoms with Crippen molar-refractivity contribution >= 4 is 28.9 Å². The first-order valence-corrected chi connectivity index (χ1v) is 8.67. The van der Waals surface area contributed by atoms with E-state index in [2.05, 4.69) is 10.3 Å². The van der Waals surface area contributed by atoms with E-state index in [0.29, 0.717) is 17.0 Å². The molecule has 0 radical (unpaired) electrons. The van der Waals surface area contributed by atoms with Crippen molar-refractivity contribution in [3.05, 3.63) is 64.0 Å². The van der Waals surface area contributed by atoms with Crippen LogP contribution >= 0.6 is 11.3 Å². The summed E-state index contributed by atoms with van der Waals surface area (Å²) in [5.74, 6) is -1.22. The molecule has 0 aliphatic heterocycles. The fourth-order valence-corrected chi connectivity index (χ4v) is 3.09. The molecule has 2 N–H and O–H groups in total. The molecule has 2 aromatic heterocycles. The summed E-state index contributed by atoms with van der Waals surface area (Å²) in [6.45, 7) is -0.492. The number of amides is 1. The van der Waals surface area contributed by atoms with Gasteiger partial charge in [0.15, 0.2) is 0 Å². The van der Waals surface area contributed by atoms with Gasteiger partial charge in [-0.25, -0.2) is 4.98 Å². The molecule has 0 bridgehead atoms. The Labute approximate surface area is 157 Å². The number of carbonyl (C=O) groups excluding carboxylic acids is 1. The number of thiazole rings is 1. The Balaban J connectivity index is 1.86. The Morgan fingerprint density at radius 1 is 1.30 bits per heavy atom. The number of pyridine rings is 1. The molecule has 0 atom stereocenters. The highest BCUT2D eigenvalue weighted by molar-refractivity contribution is 7.13. The van der Waals surface area contributed by atoms with Crippen LogP contribution in [-0.2, 0) is 11.3 Å². The summed E-state index contributed by atoms with van der Waals surface area (Å²) in [6.07, 6.45) is 2.98. The predicted molar refractivity (Wildman–Crippen MR) is 100 cm³/mol. The zero-order valence-electron chi connectivity index (χ0n) is 14.2. The number of carboxylic acid groups (broad SMARTS) is 1. The fourth-order valence-electron chi connectivity index (χ4n) is 2.45. The third kappa shape index (κ3) is 4.21. The number of ether oxygens (including phenoxy) is 1. The second-order valence-corrected chi connectivity index (χ2v) is 6.38. The lowest BCUT2D eigenvalue weighted by atomic mass is 10.1. The van der Waals surface area contributed by atoms with Crippen LogP contribution in [0, 0.1) is 0 Å². The average molecular weight is 385 g/mol. The van der Waals surface area contributed by atoms with E-state index in [-0.39, 0.29) is 0 Å². The van der Waals surface area contributed by atoms with E-state index in [0.717, 1.165) is 15.1 Å². The highest BCUT2D eigenvalue weighted by Gasteiger charge is 2.15. The van der Waals surface area contributed by atoms with Crippen LogP contribution in [0.3, 0.4) is 0 Å². The van der Waals surface area contributed by atoms with Gasteiger partial charge in [0.05, 0.1) is 18.4 Å². The molecular weight excluding hydrogens is 370 g/mol. The van der Waals surface area contributed by atoms with Gasteiger partial charge < -0.3 is 19.7 Å². The van der Waals surface area contributed by atoms with Crippen molar-refractivity contribution in [1.82, 2.24) is 9.55 Å². The Bertz CT molecular complexity index is 1040. The van der Waals surface area contributed by atoms with E-state index in [9.17, 15) is 14.4 Å². The second-order valence-electron chi connectivity index (χ2n) is 5.48. The van der Waals surface area contributed by atoms with Crippen LogP contribution in [0.2, 0.25) is 0 Å². The minimum absolute atomic E-state index is 0.298. The molecule has 8 nitrogen and oxygen atoms in total. The van der Waals surface area contributed by atoms with E-state index in [1.807, 2.05) is 5.38 Å². The maximum absolute atomic E-state index is 12.6. The number of aromatic nitrogens is 2. The van der Waals surface area contributed by atoms with Crippen molar-refractivity contribution < 1.29 is 19.4 Å². The van der Waals surface area contributed by atoms with Crippen molar-refractivity contribution in [3.8, 4) is 16.3 Å². The van der Waals surface area contributed by atoms with Crippen LogP contribution < -0.4 is 15.6 Å². The van der Waals surface area contributed by atoms with E-state index in [1.54, 1.807) is 24.4 Å². The van der Waals surface area contributed by atoms with Gasteiger partial charge in [-0.3, -0.25) is 14.4 Å². The summed E-state index contributed by atoms with van der Waals surface area (Å²) in [4.78, 5) is 39.3. The zero-order chi connectivity index (χ0) is 19.4. The molecule has 9 heteroatoms. The minimum atomic E-state index is -1.15. The van der Waals surface area contributed by atoms with Gasteiger partial charge in [-0.1, -0.05) is 6.07 Å². The molecular formula is C18H15N3O5S. The Morgan fingerprint density at radius 2 is 2.11 bits per heavy atom. The van der Waals surface area contributed by atoms with E-state index >= 15 is 0 Å². The highest BCUT2D eigenvalue weighted by atomic mass is 32.1. The summed E-state index contributed by atoms with van der Waals surface area (Å²) in [7, 11) is 1.46. The number of benzene rings is 1. The van der Waals surface area contributed by atoms with Gasteiger partial charge in [0, 0.05) is 29.4 Å². The van der Waals surface area contributed by atoms with Gasteiger partial charge >= 0.3 is 5.97 Å². The van der Waals surface area contributed by atoms with Crippen LogP contribution in [0.5, 0.6) is 5.75 Å². The number of nitrogens with one attached hydrogen (secondary N) is 1. The number of carboxylic acids is 1. The summed E-state index contributed by atoms with van der Waals surface area (Å²) in [5.41, 5.74) is 0.954. The summed E-state index contributed by atoms with van der Waals surface area (Å²) in [5, 5.41) is 14.2. The Morgan fingerprint density at radius 3 is 2.78 bits per heavy atom. The van der Waals surface area contributed by atoms with Crippen molar-refractivity contribution in [2.45, 2.75) is 6.54 Å². The first-order chi connectivity index (χ1) is 13.0. The largest absolute Gasteiger partial charge is 0.496 e. The summed E-state index contributed by atoms with van der Waals surface area (Å²) in [6, 6.07) is 7.72. The molecule has 27 heavy (non-hydrogen) atoms. The van der Waals surface area contributed by atoms with E-state index < -0.39 is 24.0 Å². The summed E-state index contributed by atoms with van der Waals surface area (Å²) < 4.78 is 6.32. The number of nitrogens with zero attached hydrogens (tertiary/aromatic N) is 2. The molecule has 0 unspecified atom stereocenters. The molecule has 1 amide bonds. The van der Waals surface area contributed by atoms with Crippen LogP contribution in [0.15, 0.2) is 52.9 Å². The minimum Gasteiger partial charge on any atom is -0.496 e. The van der Waals surface area contributed by atoms with Gasteiger partial charge in [0.25, 0.3) is 11.5 Å². The fraction of sp³-hybridized carbons (Fsp3) is 0.111. The number of rotatable bonds is 6. The quantitative estimate of drug-likeness (QED) is 0.674. The Kier molecular flexibility index (Phi) is 5.32. The standard InChI is InChI=1S/C18H15N3O5S/c1-26-14-8-11(18-19-6-7-27-18)2-4-13(14)17(25)20-12-3-5-15(22)21(9-12)10-16(23)24/h2-9H,10H2,1H3,(H,20,25)(H,23,24). The van der Waals surface area contributed by atoms with Crippen molar-refractivity contribution in [2.75, 3.05) is 12.4 Å². The highest BCUT2D eigenvalue weighted by Crippen LogP contribution is 2.29. The van der Waals surface area contributed by atoms with Crippen LogP contribution in [0.4, 0.5) is 5.69 Å². The zero-order valence-corrected chi connectivity index (χ0v) is 15.0. The number of hydrogen-bond acceptors (Lipinski definition) is 6. The summed E-state index contributed by atoms with van der Waals surface area (Å²) >= 11 is 1.47. The van der Waals surface area contributed by atoms with Crippen molar-refractivity contribution in [3.63, 3.8) is 0 Å².